The number of halogens is 2. The lowest BCUT2D eigenvalue weighted by molar-refractivity contribution is -0.131. The van der Waals surface area contributed by atoms with Crippen LogP contribution in [0, 0.1) is 0 Å². The largest absolute Gasteiger partial charge is 0.492 e. The van der Waals surface area contributed by atoms with Crippen molar-refractivity contribution in [1.29, 1.82) is 0 Å². The summed E-state index contributed by atoms with van der Waals surface area (Å²) in [6.07, 6.45) is 1.36. The van der Waals surface area contributed by atoms with Crippen LogP contribution in [0.2, 0.25) is 5.02 Å². The molecule has 1 heterocycles. The summed E-state index contributed by atoms with van der Waals surface area (Å²) in [6, 6.07) is 5.85. The second-order valence-electron chi connectivity index (χ2n) is 5.27. The summed E-state index contributed by atoms with van der Waals surface area (Å²) in [5, 5.41) is 0.633. The van der Waals surface area contributed by atoms with Crippen LogP contribution in [-0.4, -0.2) is 49.5 Å². The molecule has 1 saturated heterocycles. The number of hydrogen-bond donors (Lipinski definition) is 0. The Morgan fingerprint density at radius 2 is 2.00 bits per heavy atom. The first-order valence-corrected chi connectivity index (χ1v) is 8.58. The van der Waals surface area contributed by atoms with Crippen LogP contribution in [0.25, 0.3) is 0 Å². The molecule has 22 heavy (non-hydrogen) atoms. The zero-order chi connectivity index (χ0) is 15.9. The van der Waals surface area contributed by atoms with E-state index >= 15 is 0 Å². The maximum Gasteiger partial charge on any atom is 0.223 e. The summed E-state index contributed by atoms with van der Waals surface area (Å²) < 4.78 is 5.67. The molecule has 0 saturated carbocycles. The van der Waals surface area contributed by atoms with Gasteiger partial charge in [-0.2, -0.15) is 0 Å². The standard InChI is InChI=1S/C16H22Cl2N2O2/c1-2-11-22-15-12-13(3-4-14(15)18)19-7-9-20(10-8-19)16(21)5-6-17/h3-4,12H,2,5-11H2,1H3. The SMILES string of the molecule is CCCOc1cc(N2CCN(C(=O)CCCl)CC2)ccc1Cl. The molecule has 0 unspecified atom stereocenters. The highest BCUT2D eigenvalue weighted by Crippen LogP contribution is 2.30. The molecular formula is C16H22Cl2N2O2. The molecule has 1 aliphatic heterocycles. The van der Waals surface area contributed by atoms with Gasteiger partial charge < -0.3 is 14.5 Å². The molecule has 1 fully saturated rings. The Hall–Kier alpha value is -1.13. The molecule has 0 spiro atoms. The van der Waals surface area contributed by atoms with Crippen molar-refractivity contribution < 1.29 is 9.53 Å². The Bertz CT molecular complexity index is 503. The molecule has 122 valence electrons. The van der Waals surface area contributed by atoms with Crippen molar-refractivity contribution >= 4 is 34.8 Å². The molecule has 1 aliphatic rings. The second kappa shape index (κ2) is 8.49. The number of piperazine rings is 1. The number of hydrogen-bond acceptors (Lipinski definition) is 3. The normalized spacial score (nSPS) is 15.0. The van der Waals surface area contributed by atoms with E-state index in [2.05, 4.69) is 11.8 Å². The third-order valence-electron chi connectivity index (χ3n) is 3.68. The quantitative estimate of drug-likeness (QED) is 0.741. The van der Waals surface area contributed by atoms with Gasteiger partial charge in [0.1, 0.15) is 5.75 Å². The molecule has 2 rings (SSSR count). The van der Waals surface area contributed by atoms with E-state index in [1.807, 2.05) is 23.1 Å². The van der Waals surface area contributed by atoms with Crippen molar-refractivity contribution in [3.8, 4) is 5.75 Å². The minimum absolute atomic E-state index is 0.137. The van der Waals surface area contributed by atoms with Gasteiger partial charge >= 0.3 is 0 Å². The third-order valence-corrected chi connectivity index (χ3v) is 4.18. The lowest BCUT2D eigenvalue weighted by Crippen LogP contribution is -2.48. The number of alkyl halides is 1. The van der Waals surface area contributed by atoms with Crippen molar-refractivity contribution in [2.45, 2.75) is 19.8 Å². The molecule has 0 bridgehead atoms. The van der Waals surface area contributed by atoms with Gasteiger partial charge in [-0.25, -0.2) is 0 Å². The van der Waals surface area contributed by atoms with E-state index in [1.54, 1.807) is 0 Å². The van der Waals surface area contributed by atoms with E-state index in [4.69, 9.17) is 27.9 Å². The van der Waals surface area contributed by atoms with Crippen LogP contribution >= 0.6 is 23.2 Å². The van der Waals surface area contributed by atoms with Gasteiger partial charge in [0.2, 0.25) is 5.91 Å². The topological polar surface area (TPSA) is 32.8 Å². The summed E-state index contributed by atoms with van der Waals surface area (Å²) in [5.41, 5.74) is 1.08. The summed E-state index contributed by atoms with van der Waals surface area (Å²) in [7, 11) is 0. The predicted molar refractivity (Wildman–Crippen MR) is 91.4 cm³/mol. The number of ether oxygens (including phenoxy) is 1. The molecule has 1 amide bonds. The number of carbonyl (C=O) groups excluding carboxylic acids is 1. The highest BCUT2D eigenvalue weighted by molar-refractivity contribution is 6.32. The second-order valence-corrected chi connectivity index (χ2v) is 6.06. The van der Waals surface area contributed by atoms with E-state index in [0.717, 1.165) is 44.0 Å². The molecule has 4 nitrogen and oxygen atoms in total. The lowest BCUT2D eigenvalue weighted by Gasteiger charge is -2.36. The fraction of sp³-hybridized carbons (Fsp3) is 0.562. The molecule has 0 radical (unpaired) electrons. The number of amides is 1. The fourth-order valence-electron chi connectivity index (χ4n) is 2.46. The zero-order valence-corrected chi connectivity index (χ0v) is 14.4. The molecule has 1 aromatic carbocycles. The minimum Gasteiger partial charge on any atom is -0.492 e. The van der Waals surface area contributed by atoms with Gasteiger partial charge in [-0.05, 0) is 18.6 Å². The number of nitrogens with zero attached hydrogens (tertiary/aromatic N) is 2. The van der Waals surface area contributed by atoms with Crippen molar-refractivity contribution in [3.63, 3.8) is 0 Å². The zero-order valence-electron chi connectivity index (χ0n) is 12.9. The van der Waals surface area contributed by atoms with Gasteiger partial charge in [-0.15, -0.1) is 11.6 Å². The first-order chi connectivity index (χ1) is 10.7. The number of anilines is 1. The van der Waals surface area contributed by atoms with Gasteiger partial charge in [-0.3, -0.25) is 4.79 Å². The lowest BCUT2D eigenvalue weighted by atomic mass is 10.2. The molecule has 6 heteroatoms. The van der Waals surface area contributed by atoms with Gasteiger partial charge in [0.05, 0.1) is 11.6 Å². The van der Waals surface area contributed by atoms with Crippen molar-refractivity contribution in [1.82, 2.24) is 4.90 Å². The van der Waals surface area contributed by atoms with Crippen molar-refractivity contribution in [2.24, 2.45) is 0 Å². The summed E-state index contributed by atoms with van der Waals surface area (Å²) in [4.78, 5) is 16.0. The summed E-state index contributed by atoms with van der Waals surface area (Å²) in [5.74, 6) is 1.24. The number of benzene rings is 1. The average Bonchev–Trinajstić information content (AvgIpc) is 2.54. The van der Waals surface area contributed by atoms with Gasteiger partial charge in [0.15, 0.2) is 0 Å². The maximum absolute atomic E-state index is 11.8. The average molecular weight is 345 g/mol. The molecule has 0 atom stereocenters. The van der Waals surface area contributed by atoms with Crippen LogP contribution < -0.4 is 9.64 Å². The van der Waals surface area contributed by atoms with Gasteiger partial charge in [0, 0.05) is 50.2 Å². The number of rotatable bonds is 6. The Kier molecular flexibility index (Phi) is 6.65. The van der Waals surface area contributed by atoms with Gasteiger partial charge in [-0.1, -0.05) is 18.5 Å². The van der Waals surface area contributed by atoms with Crippen LogP contribution in [-0.2, 0) is 4.79 Å². The molecule has 0 aliphatic carbocycles. The summed E-state index contributed by atoms with van der Waals surface area (Å²) in [6.45, 7) is 5.79. The van der Waals surface area contributed by atoms with Crippen LogP contribution in [0.15, 0.2) is 18.2 Å². The molecular weight excluding hydrogens is 323 g/mol. The summed E-state index contributed by atoms with van der Waals surface area (Å²) >= 11 is 11.8. The highest BCUT2D eigenvalue weighted by atomic mass is 35.5. The van der Waals surface area contributed by atoms with Crippen molar-refractivity contribution in [2.75, 3.05) is 43.6 Å². The van der Waals surface area contributed by atoms with E-state index < -0.39 is 0 Å². The van der Waals surface area contributed by atoms with Crippen LogP contribution in [0.5, 0.6) is 5.75 Å². The smallest absolute Gasteiger partial charge is 0.223 e. The Morgan fingerprint density at radius 3 is 2.64 bits per heavy atom. The van der Waals surface area contributed by atoms with Crippen molar-refractivity contribution in [3.05, 3.63) is 23.2 Å². The Balaban J connectivity index is 1.97. The van der Waals surface area contributed by atoms with E-state index in [1.165, 1.54) is 0 Å². The monoisotopic (exact) mass is 344 g/mol. The third kappa shape index (κ3) is 4.43. The Labute approximate surface area is 141 Å². The number of carbonyl (C=O) groups is 1. The molecule has 1 aromatic rings. The first kappa shape index (κ1) is 17.2. The molecule has 0 N–H and O–H groups in total. The molecule has 0 aromatic heterocycles. The first-order valence-electron chi connectivity index (χ1n) is 7.66. The predicted octanol–water partition coefficient (Wildman–Crippen LogP) is 3.41. The fourth-order valence-corrected chi connectivity index (χ4v) is 2.80. The Morgan fingerprint density at radius 1 is 1.27 bits per heavy atom. The van der Waals surface area contributed by atoms with E-state index in [-0.39, 0.29) is 5.91 Å². The van der Waals surface area contributed by atoms with Crippen LogP contribution in [0.4, 0.5) is 5.69 Å². The van der Waals surface area contributed by atoms with Gasteiger partial charge in [0.25, 0.3) is 0 Å². The maximum atomic E-state index is 11.8. The highest BCUT2D eigenvalue weighted by Gasteiger charge is 2.21. The van der Waals surface area contributed by atoms with E-state index in [0.29, 0.717) is 23.9 Å². The van der Waals surface area contributed by atoms with Crippen LogP contribution in [0.1, 0.15) is 19.8 Å². The van der Waals surface area contributed by atoms with E-state index in [9.17, 15) is 4.79 Å². The minimum atomic E-state index is 0.137. The van der Waals surface area contributed by atoms with Crippen LogP contribution in [0.3, 0.4) is 0 Å².